The first-order chi connectivity index (χ1) is 7.40. The predicted molar refractivity (Wildman–Crippen MR) is 70.5 cm³/mol. The van der Waals surface area contributed by atoms with Crippen LogP contribution in [0.2, 0.25) is 0 Å². The minimum atomic E-state index is 0.977. The molecule has 0 fully saturated rings. The highest BCUT2D eigenvalue weighted by Gasteiger charge is 2.01. The smallest absolute Gasteiger partial charge is 0.0215 e. The minimum absolute atomic E-state index is 0.977. The molecule has 0 atom stereocenters. The zero-order valence-electron chi connectivity index (χ0n) is 8.26. The van der Waals surface area contributed by atoms with E-state index in [1.165, 1.54) is 26.8 Å². The van der Waals surface area contributed by atoms with Crippen LogP contribution < -0.4 is 0 Å². The number of thiol groups is 1. The zero-order chi connectivity index (χ0) is 10.5. The summed E-state index contributed by atoms with van der Waals surface area (Å²) in [4.78, 5) is 1.24. The van der Waals surface area contributed by atoms with Crippen LogP contribution in [0.3, 0.4) is 0 Å². The molecule has 0 aliphatic rings. The molecule has 0 spiro atoms. The lowest BCUT2D eigenvalue weighted by molar-refractivity contribution is 1.13. The molecule has 2 aromatic carbocycles. The Morgan fingerprint density at radius 1 is 0.867 bits per heavy atom. The van der Waals surface area contributed by atoms with E-state index in [1.807, 2.05) is 12.1 Å². The molecule has 2 aromatic rings. The van der Waals surface area contributed by atoms with Gasteiger partial charge in [0, 0.05) is 4.90 Å². The molecule has 0 unspecified atom stereocenters. The van der Waals surface area contributed by atoms with Crippen molar-refractivity contribution < 1.29 is 0 Å². The second-order valence-corrected chi connectivity index (χ2v) is 4.53. The largest absolute Gasteiger partial charge is 0.106 e. The fourth-order valence-corrected chi connectivity index (χ4v) is 2.49. The minimum Gasteiger partial charge on any atom is -0.106 e. The van der Waals surface area contributed by atoms with Crippen LogP contribution in [0.5, 0.6) is 0 Å². The van der Waals surface area contributed by atoms with Gasteiger partial charge in [-0.1, -0.05) is 59.3 Å². The maximum atomic E-state index is 4.26. The van der Waals surface area contributed by atoms with E-state index in [9.17, 15) is 0 Å². The van der Waals surface area contributed by atoms with Gasteiger partial charge in [0.25, 0.3) is 0 Å². The lowest BCUT2D eigenvalue weighted by Gasteiger charge is -2.06. The first kappa shape index (κ1) is 10.7. The molecule has 0 aromatic heterocycles. The first-order valence-corrected chi connectivity index (χ1v) is 6.70. The molecule has 0 bridgehead atoms. The van der Waals surface area contributed by atoms with Gasteiger partial charge in [0.1, 0.15) is 0 Å². The van der Waals surface area contributed by atoms with Gasteiger partial charge in [-0.05, 0) is 23.6 Å². The molecule has 0 amide bonds. The average molecular weight is 232 g/mol. The van der Waals surface area contributed by atoms with Crippen molar-refractivity contribution in [2.75, 3.05) is 0 Å². The summed E-state index contributed by atoms with van der Waals surface area (Å²) in [5, 5.41) is 0. The van der Waals surface area contributed by atoms with E-state index in [-0.39, 0.29) is 0 Å². The van der Waals surface area contributed by atoms with Crippen LogP contribution in [0.25, 0.3) is 0 Å². The highest BCUT2D eigenvalue weighted by Crippen LogP contribution is 2.26. The number of benzene rings is 2. The van der Waals surface area contributed by atoms with Crippen molar-refractivity contribution in [1.29, 1.82) is 0 Å². The Kier molecular flexibility index (Phi) is 3.75. The quantitative estimate of drug-likeness (QED) is 0.611. The van der Waals surface area contributed by atoms with Crippen molar-refractivity contribution in [3.63, 3.8) is 0 Å². The van der Waals surface area contributed by atoms with Gasteiger partial charge in [0.2, 0.25) is 0 Å². The van der Waals surface area contributed by atoms with Crippen molar-refractivity contribution in [3.8, 4) is 0 Å². The molecule has 0 heterocycles. The summed E-state index contributed by atoms with van der Waals surface area (Å²) in [5.41, 5.74) is 2.68. The monoisotopic (exact) mass is 232 g/mol. The lowest BCUT2D eigenvalue weighted by atomic mass is 10.1. The van der Waals surface area contributed by atoms with Crippen LogP contribution in [0.15, 0.2) is 59.5 Å². The molecular formula is C13H12S2. The summed E-state index contributed by atoms with van der Waals surface area (Å²) in [6.45, 7) is 0. The summed E-state index contributed by atoms with van der Waals surface area (Å²) >= 11 is 4.26. The molecule has 2 rings (SSSR count). The number of hydrogen-bond donors (Lipinski definition) is 1. The van der Waals surface area contributed by atoms with Gasteiger partial charge in [-0.3, -0.25) is 0 Å². The Balaban J connectivity index is 2.24. The predicted octanol–water partition coefficient (Wildman–Crippen LogP) is 4.21. The summed E-state index contributed by atoms with van der Waals surface area (Å²) in [6.07, 6.45) is 0.977. The van der Waals surface area contributed by atoms with Gasteiger partial charge < -0.3 is 0 Å². The van der Waals surface area contributed by atoms with Crippen LogP contribution in [0.4, 0.5) is 0 Å². The van der Waals surface area contributed by atoms with E-state index in [4.69, 9.17) is 0 Å². The van der Waals surface area contributed by atoms with Crippen LogP contribution in [0.1, 0.15) is 11.1 Å². The van der Waals surface area contributed by atoms with Crippen LogP contribution in [-0.4, -0.2) is 0 Å². The number of hydrogen-bond acceptors (Lipinski definition) is 2. The van der Waals surface area contributed by atoms with Crippen molar-refractivity contribution >= 4 is 22.5 Å². The van der Waals surface area contributed by atoms with Crippen molar-refractivity contribution in [3.05, 3.63) is 65.7 Å². The summed E-state index contributed by atoms with van der Waals surface area (Å²) < 4.78 is 0. The van der Waals surface area contributed by atoms with Crippen LogP contribution in [0, 0.1) is 0 Å². The van der Waals surface area contributed by atoms with Gasteiger partial charge in [-0.2, -0.15) is 0 Å². The Morgan fingerprint density at radius 2 is 1.53 bits per heavy atom. The normalized spacial score (nSPS) is 10.2. The molecule has 76 valence electrons. The standard InChI is InChI=1S/C13H12S2/c14-15-13-9-5-4-8-12(13)10-11-6-2-1-3-7-11/h1-9,14H,10H2. The SMILES string of the molecule is SSc1ccccc1Cc1ccccc1. The maximum absolute atomic E-state index is 4.26. The highest BCUT2D eigenvalue weighted by atomic mass is 33.1. The fourth-order valence-electron chi connectivity index (χ4n) is 1.55. The Hall–Kier alpha value is -0.860. The third-order valence-corrected chi connectivity index (χ3v) is 3.49. The van der Waals surface area contributed by atoms with Gasteiger partial charge in [-0.25, -0.2) is 0 Å². The lowest BCUT2D eigenvalue weighted by Crippen LogP contribution is -1.89. The molecule has 0 radical (unpaired) electrons. The molecule has 15 heavy (non-hydrogen) atoms. The zero-order valence-corrected chi connectivity index (χ0v) is 9.97. The van der Waals surface area contributed by atoms with Crippen LogP contribution >= 0.6 is 22.5 Å². The fraction of sp³-hybridized carbons (Fsp3) is 0.0769. The van der Waals surface area contributed by atoms with E-state index in [2.05, 4.69) is 54.1 Å². The third-order valence-electron chi connectivity index (χ3n) is 2.31. The molecule has 0 N–H and O–H groups in total. The summed E-state index contributed by atoms with van der Waals surface area (Å²) in [5.74, 6) is 0. The molecule has 0 nitrogen and oxygen atoms in total. The molecule has 0 aliphatic carbocycles. The molecule has 0 saturated heterocycles. The van der Waals surface area contributed by atoms with Crippen LogP contribution in [-0.2, 0) is 6.42 Å². The summed E-state index contributed by atoms with van der Waals surface area (Å²) in [6, 6.07) is 18.9. The maximum Gasteiger partial charge on any atom is 0.0215 e. The molecule has 0 saturated carbocycles. The topological polar surface area (TPSA) is 0 Å². The van der Waals surface area contributed by atoms with Crippen molar-refractivity contribution in [1.82, 2.24) is 0 Å². The van der Waals surface area contributed by atoms with Gasteiger partial charge in [-0.15, -0.1) is 11.7 Å². The Labute approximate surface area is 99.5 Å². The first-order valence-electron chi connectivity index (χ1n) is 4.83. The van der Waals surface area contributed by atoms with Gasteiger partial charge in [0.15, 0.2) is 0 Å². The third kappa shape index (κ3) is 2.80. The van der Waals surface area contributed by atoms with Gasteiger partial charge in [0.05, 0.1) is 0 Å². The van der Waals surface area contributed by atoms with E-state index >= 15 is 0 Å². The second kappa shape index (κ2) is 5.29. The summed E-state index contributed by atoms with van der Waals surface area (Å²) in [7, 11) is 1.51. The molecule has 2 heteroatoms. The molecular weight excluding hydrogens is 220 g/mol. The van der Waals surface area contributed by atoms with Crippen molar-refractivity contribution in [2.45, 2.75) is 11.3 Å². The number of rotatable bonds is 3. The second-order valence-electron chi connectivity index (χ2n) is 3.36. The molecule has 0 aliphatic heterocycles. The van der Waals surface area contributed by atoms with E-state index < -0.39 is 0 Å². The van der Waals surface area contributed by atoms with E-state index in [0.717, 1.165) is 6.42 Å². The van der Waals surface area contributed by atoms with Crippen molar-refractivity contribution in [2.24, 2.45) is 0 Å². The van der Waals surface area contributed by atoms with Gasteiger partial charge >= 0.3 is 0 Å². The van der Waals surface area contributed by atoms with E-state index in [0.29, 0.717) is 0 Å². The Morgan fingerprint density at radius 3 is 2.27 bits per heavy atom. The Bertz CT molecular complexity index is 424. The van der Waals surface area contributed by atoms with E-state index in [1.54, 1.807) is 0 Å². The highest BCUT2D eigenvalue weighted by molar-refractivity contribution is 8.68. The average Bonchev–Trinajstić information content (AvgIpc) is 2.31.